The number of nitrogens with one attached hydrogen (secondary N) is 3. The number of carbonyl (C=O) groups excluding carboxylic acids is 1. The third-order valence-corrected chi connectivity index (χ3v) is 4.58. The highest BCUT2D eigenvalue weighted by Gasteiger charge is 2.42. The fourth-order valence-corrected chi connectivity index (χ4v) is 3.53. The molecule has 2 aliphatic heterocycles. The van der Waals surface area contributed by atoms with Gasteiger partial charge in [0.15, 0.2) is 0 Å². The Labute approximate surface area is 123 Å². The molecule has 2 bridgehead atoms. The number of benzene rings is 1. The van der Waals surface area contributed by atoms with Crippen LogP contribution in [0.25, 0.3) is 11.3 Å². The smallest absolute Gasteiger partial charge is 0.229 e. The number of hydrogen-bond donors (Lipinski definition) is 3. The Hall–Kier alpha value is -2.14. The molecule has 4 rings (SSSR count). The first kappa shape index (κ1) is 12.6. The van der Waals surface area contributed by atoms with Crippen LogP contribution in [-0.4, -0.2) is 28.2 Å². The van der Waals surface area contributed by atoms with E-state index in [9.17, 15) is 4.79 Å². The van der Waals surface area contributed by atoms with Crippen molar-refractivity contribution in [2.24, 2.45) is 5.92 Å². The second kappa shape index (κ2) is 5.00. The van der Waals surface area contributed by atoms with Crippen molar-refractivity contribution >= 4 is 11.6 Å². The standard InChI is InChI=1S/C16H18N4O/c21-16(13-9-12-4-5-15(13)18-12)19-11-3-1-2-10(8-11)14-6-7-17-20-14/h1-3,6-8,12-13,15,18H,4-5,9H2,(H,17,20)(H,19,21). The molecule has 1 aromatic heterocycles. The lowest BCUT2D eigenvalue weighted by atomic mass is 9.88. The van der Waals surface area contributed by atoms with Gasteiger partial charge in [0.05, 0.1) is 11.6 Å². The van der Waals surface area contributed by atoms with Gasteiger partial charge in [-0.15, -0.1) is 0 Å². The quantitative estimate of drug-likeness (QED) is 0.808. The van der Waals surface area contributed by atoms with Crippen LogP contribution in [-0.2, 0) is 4.79 Å². The zero-order valence-electron chi connectivity index (χ0n) is 11.7. The molecule has 0 radical (unpaired) electrons. The van der Waals surface area contributed by atoms with Crippen molar-refractivity contribution in [2.75, 3.05) is 5.32 Å². The molecule has 2 fully saturated rings. The molecule has 2 aromatic rings. The molecule has 1 aromatic carbocycles. The van der Waals surface area contributed by atoms with Crippen LogP contribution in [0.5, 0.6) is 0 Å². The minimum Gasteiger partial charge on any atom is -0.326 e. The molecule has 0 saturated carbocycles. The lowest BCUT2D eigenvalue weighted by Gasteiger charge is -2.19. The van der Waals surface area contributed by atoms with Gasteiger partial charge in [0.1, 0.15) is 0 Å². The Morgan fingerprint density at radius 1 is 1.29 bits per heavy atom. The summed E-state index contributed by atoms with van der Waals surface area (Å²) in [5.74, 6) is 0.246. The molecule has 0 aliphatic carbocycles. The number of carbonyl (C=O) groups is 1. The summed E-state index contributed by atoms with van der Waals surface area (Å²) in [6.45, 7) is 0. The molecule has 2 saturated heterocycles. The zero-order chi connectivity index (χ0) is 14.2. The molecule has 21 heavy (non-hydrogen) atoms. The normalized spacial score (nSPS) is 27.0. The van der Waals surface area contributed by atoms with Gasteiger partial charge in [-0.25, -0.2) is 0 Å². The number of H-pyrrole nitrogens is 1. The maximum absolute atomic E-state index is 12.4. The first-order valence-electron chi connectivity index (χ1n) is 7.46. The van der Waals surface area contributed by atoms with Gasteiger partial charge in [-0.05, 0) is 37.5 Å². The molecular weight excluding hydrogens is 264 g/mol. The molecule has 1 amide bonds. The Bertz CT molecular complexity index is 652. The molecule has 5 nitrogen and oxygen atoms in total. The van der Waals surface area contributed by atoms with Crippen LogP contribution in [0.1, 0.15) is 19.3 Å². The lowest BCUT2D eigenvalue weighted by molar-refractivity contribution is -0.120. The highest BCUT2D eigenvalue weighted by Crippen LogP contribution is 2.34. The van der Waals surface area contributed by atoms with E-state index in [1.807, 2.05) is 30.3 Å². The summed E-state index contributed by atoms with van der Waals surface area (Å²) >= 11 is 0. The van der Waals surface area contributed by atoms with Gasteiger partial charge >= 0.3 is 0 Å². The molecule has 2 aliphatic rings. The average molecular weight is 282 g/mol. The third kappa shape index (κ3) is 2.34. The maximum Gasteiger partial charge on any atom is 0.229 e. The molecule has 5 heteroatoms. The third-order valence-electron chi connectivity index (χ3n) is 4.58. The van der Waals surface area contributed by atoms with E-state index in [0.29, 0.717) is 12.1 Å². The number of aromatic nitrogens is 2. The number of aromatic amines is 1. The van der Waals surface area contributed by atoms with E-state index in [1.54, 1.807) is 6.20 Å². The zero-order valence-corrected chi connectivity index (χ0v) is 11.7. The largest absolute Gasteiger partial charge is 0.326 e. The van der Waals surface area contributed by atoms with E-state index < -0.39 is 0 Å². The van der Waals surface area contributed by atoms with E-state index >= 15 is 0 Å². The van der Waals surface area contributed by atoms with Crippen LogP contribution >= 0.6 is 0 Å². The fraction of sp³-hybridized carbons (Fsp3) is 0.375. The summed E-state index contributed by atoms with van der Waals surface area (Å²) in [5, 5.41) is 13.5. The number of nitrogens with zero attached hydrogens (tertiary/aromatic N) is 1. The highest BCUT2D eigenvalue weighted by molar-refractivity contribution is 5.94. The monoisotopic (exact) mass is 282 g/mol. The molecule has 0 spiro atoms. The Kier molecular flexibility index (Phi) is 3.00. The van der Waals surface area contributed by atoms with Gasteiger partial charge in [0.2, 0.25) is 5.91 Å². The number of anilines is 1. The van der Waals surface area contributed by atoms with E-state index in [1.165, 1.54) is 6.42 Å². The topological polar surface area (TPSA) is 69.8 Å². The summed E-state index contributed by atoms with van der Waals surface area (Å²) < 4.78 is 0. The summed E-state index contributed by atoms with van der Waals surface area (Å²) in [5.41, 5.74) is 2.82. The van der Waals surface area contributed by atoms with Crippen molar-refractivity contribution < 1.29 is 4.79 Å². The van der Waals surface area contributed by atoms with Gasteiger partial charge in [-0.2, -0.15) is 5.10 Å². The number of rotatable bonds is 3. The second-order valence-corrected chi connectivity index (χ2v) is 5.93. The molecule has 3 atom stereocenters. The van der Waals surface area contributed by atoms with Crippen LogP contribution in [0.4, 0.5) is 5.69 Å². The number of hydrogen-bond acceptors (Lipinski definition) is 3. The second-order valence-electron chi connectivity index (χ2n) is 5.93. The minimum absolute atomic E-state index is 0.111. The maximum atomic E-state index is 12.4. The van der Waals surface area contributed by atoms with Gasteiger partial charge in [0, 0.05) is 29.5 Å². The average Bonchev–Trinajstić information content (AvgIpc) is 3.24. The van der Waals surface area contributed by atoms with Crippen molar-refractivity contribution in [3.63, 3.8) is 0 Å². The fourth-order valence-electron chi connectivity index (χ4n) is 3.53. The Balaban J connectivity index is 1.50. The van der Waals surface area contributed by atoms with Gasteiger partial charge < -0.3 is 10.6 Å². The summed E-state index contributed by atoms with van der Waals surface area (Å²) in [6.07, 6.45) is 5.03. The summed E-state index contributed by atoms with van der Waals surface area (Å²) in [6, 6.07) is 10.7. The predicted molar refractivity (Wildman–Crippen MR) is 80.7 cm³/mol. The van der Waals surface area contributed by atoms with E-state index in [-0.39, 0.29) is 11.8 Å². The van der Waals surface area contributed by atoms with Crippen molar-refractivity contribution in [1.82, 2.24) is 15.5 Å². The minimum atomic E-state index is 0.111. The summed E-state index contributed by atoms with van der Waals surface area (Å²) in [7, 11) is 0. The Morgan fingerprint density at radius 2 is 2.24 bits per heavy atom. The van der Waals surface area contributed by atoms with Crippen LogP contribution in [0.2, 0.25) is 0 Å². The van der Waals surface area contributed by atoms with Gasteiger partial charge in [-0.3, -0.25) is 9.89 Å². The van der Waals surface area contributed by atoms with Crippen molar-refractivity contribution in [3.8, 4) is 11.3 Å². The number of fused-ring (bicyclic) bond motifs is 2. The van der Waals surface area contributed by atoms with Crippen molar-refractivity contribution in [1.29, 1.82) is 0 Å². The van der Waals surface area contributed by atoms with Gasteiger partial charge in [0.25, 0.3) is 0 Å². The molecule has 3 N–H and O–H groups in total. The molecule has 108 valence electrons. The van der Waals surface area contributed by atoms with E-state index in [4.69, 9.17) is 0 Å². The number of amides is 1. The van der Waals surface area contributed by atoms with Crippen LogP contribution < -0.4 is 10.6 Å². The van der Waals surface area contributed by atoms with Gasteiger partial charge in [-0.1, -0.05) is 12.1 Å². The SMILES string of the molecule is O=C(Nc1cccc(-c2ccn[nH]2)c1)C1CC2CCC1N2. The Morgan fingerprint density at radius 3 is 2.95 bits per heavy atom. The first-order valence-corrected chi connectivity index (χ1v) is 7.46. The first-order chi connectivity index (χ1) is 10.3. The lowest BCUT2D eigenvalue weighted by Crippen LogP contribution is -2.32. The highest BCUT2D eigenvalue weighted by atomic mass is 16.2. The van der Waals surface area contributed by atoms with Crippen LogP contribution in [0, 0.1) is 5.92 Å². The van der Waals surface area contributed by atoms with Crippen molar-refractivity contribution in [2.45, 2.75) is 31.3 Å². The predicted octanol–water partition coefficient (Wildman–Crippen LogP) is 2.16. The van der Waals surface area contributed by atoms with Crippen LogP contribution in [0.15, 0.2) is 36.5 Å². The molecule has 3 unspecified atom stereocenters. The summed E-state index contributed by atoms with van der Waals surface area (Å²) in [4.78, 5) is 12.4. The molecular formula is C16H18N4O. The van der Waals surface area contributed by atoms with E-state index in [2.05, 4.69) is 20.8 Å². The van der Waals surface area contributed by atoms with Crippen LogP contribution in [0.3, 0.4) is 0 Å². The van der Waals surface area contributed by atoms with E-state index in [0.717, 1.165) is 29.8 Å². The molecule has 3 heterocycles. The van der Waals surface area contributed by atoms with Crippen molar-refractivity contribution in [3.05, 3.63) is 36.5 Å².